The van der Waals surface area contributed by atoms with Crippen LogP contribution in [0.3, 0.4) is 0 Å². The maximum Gasteiger partial charge on any atom is 0.255 e. The van der Waals surface area contributed by atoms with Crippen molar-refractivity contribution in [2.45, 2.75) is 20.4 Å². The lowest BCUT2D eigenvalue weighted by Crippen LogP contribution is -2.30. The molecule has 0 aliphatic heterocycles. The minimum absolute atomic E-state index is 0.0139. The zero-order valence-electron chi connectivity index (χ0n) is 12.4. The van der Waals surface area contributed by atoms with E-state index in [1.165, 1.54) is 0 Å². The molecule has 5 nitrogen and oxygen atoms in total. The maximum absolute atomic E-state index is 12.3. The Labute approximate surface area is 125 Å². The summed E-state index contributed by atoms with van der Waals surface area (Å²) < 4.78 is 0. The van der Waals surface area contributed by atoms with Crippen LogP contribution in [0.2, 0.25) is 0 Å². The van der Waals surface area contributed by atoms with Gasteiger partial charge in [0.15, 0.2) is 0 Å². The molecule has 5 heteroatoms. The van der Waals surface area contributed by atoms with Gasteiger partial charge in [0.2, 0.25) is 0 Å². The minimum atomic E-state index is 0.0139. The summed E-state index contributed by atoms with van der Waals surface area (Å²) >= 11 is 0. The largest absolute Gasteiger partial charge is 0.380 e. The molecule has 0 aliphatic carbocycles. The van der Waals surface area contributed by atoms with E-state index in [4.69, 9.17) is 0 Å². The monoisotopic (exact) mass is 284 g/mol. The van der Waals surface area contributed by atoms with Crippen molar-refractivity contribution in [2.24, 2.45) is 0 Å². The topological polar surface area (TPSA) is 58.1 Å². The highest BCUT2D eigenvalue weighted by Crippen LogP contribution is 2.12. The Morgan fingerprint density at radius 1 is 1.14 bits per heavy atom. The SMILES string of the molecule is CCN(CC)C(=O)c1cncc(NCc2ccncc2)c1. The number of carbonyl (C=O) groups is 1. The van der Waals surface area contributed by atoms with Crippen molar-refractivity contribution in [2.75, 3.05) is 18.4 Å². The zero-order valence-corrected chi connectivity index (χ0v) is 12.4. The van der Waals surface area contributed by atoms with Gasteiger partial charge in [0, 0.05) is 44.4 Å². The van der Waals surface area contributed by atoms with Gasteiger partial charge in [0.1, 0.15) is 0 Å². The number of anilines is 1. The lowest BCUT2D eigenvalue weighted by atomic mass is 10.2. The fourth-order valence-electron chi connectivity index (χ4n) is 2.05. The number of hydrogen-bond donors (Lipinski definition) is 1. The van der Waals surface area contributed by atoms with E-state index in [9.17, 15) is 4.79 Å². The second-order valence-electron chi connectivity index (χ2n) is 4.65. The lowest BCUT2D eigenvalue weighted by molar-refractivity contribution is 0.0772. The Kier molecular flexibility index (Phi) is 5.26. The van der Waals surface area contributed by atoms with E-state index in [2.05, 4.69) is 15.3 Å². The average Bonchev–Trinajstić information content (AvgIpc) is 2.55. The van der Waals surface area contributed by atoms with Crippen molar-refractivity contribution >= 4 is 11.6 Å². The standard InChI is InChI=1S/C16H20N4O/c1-3-20(4-2)16(21)14-9-15(12-18-11-14)19-10-13-5-7-17-8-6-13/h5-9,11-12,19H,3-4,10H2,1-2H3. The van der Waals surface area contributed by atoms with Gasteiger partial charge in [-0.05, 0) is 37.6 Å². The molecule has 0 aromatic carbocycles. The molecule has 0 aliphatic rings. The minimum Gasteiger partial charge on any atom is -0.380 e. The number of nitrogens with one attached hydrogen (secondary N) is 1. The Bertz CT molecular complexity index is 582. The lowest BCUT2D eigenvalue weighted by Gasteiger charge is -2.18. The molecule has 110 valence electrons. The van der Waals surface area contributed by atoms with Gasteiger partial charge in [0.05, 0.1) is 11.3 Å². The molecule has 2 heterocycles. The molecule has 0 bridgehead atoms. The molecule has 0 saturated carbocycles. The van der Waals surface area contributed by atoms with Crippen LogP contribution in [0.15, 0.2) is 43.0 Å². The highest BCUT2D eigenvalue weighted by molar-refractivity contribution is 5.94. The molecular formula is C16H20N4O. The van der Waals surface area contributed by atoms with E-state index in [0.29, 0.717) is 25.2 Å². The van der Waals surface area contributed by atoms with E-state index < -0.39 is 0 Å². The van der Waals surface area contributed by atoms with Crippen molar-refractivity contribution < 1.29 is 4.79 Å². The quantitative estimate of drug-likeness (QED) is 0.885. The normalized spacial score (nSPS) is 10.2. The summed E-state index contributed by atoms with van der Waals surface area (Å²) in [6.45, 7) is 6.02. The smallest absolute Gasteiger partial charge is 0.255 e. The summed E-state index contributed by atoms with van der Waals surface area (Å²) in [5.74, 6) is 0.0139. The molecule has 2 rings (SSSR count). The molecule has 0 atom stereocenters. The number of rotatable bonds is 6. The van der Waals surface area contributed by atoms with E-state index in [1.807, 2.05) is 32.0 Å². The van der Waals surface area contributed by atoms with Crippen LogP contribution >= 0.6 is 0 Å². The summed E-state index contributed by atoms with van der Waals surface area (Å²) in [6, 6.07) is 5.74. The third kappa shape index (κ3) is 4.02. The van der Waals surface area contributed by atoms with Crippen LogP contribution < -0.4 is 5.32 Å². The van der Waals surface area contributed by atoms with Gasteiger partial charge in [-0.25, -0.2) is 0 Å². The number of aromatic nitrogens is 2. The molecule has 0 fully saturated rings. The Morgan fingerprint density at radius 3 is 2.52 bits per heavy atom. The second kappa shape index (κ2) is 7.38. The van der Waals surface area contributed by atoms with Gasteiger partial charge < -0.3 is 10.2 Å². The predicted molar refractivity (Wildman–Crippen MR) is 83.1 cm³/mol. The molecule has 21 heavy (non-hydrogen) atoms. The number of hydrogen-bond acceptors (Lipinski definition) is 4. The van der Waals surface area contributed by atoms with Gasteiger partial charge in [-0.1, -0.05) is 0 Å². The third-order valence-electron chi connectivity index (χ3n) is 3.28. The molecule has 2 aromatic heterocycles. The van der Waals surface area contributed by atoms with Gasteiger partial charge in [-0.3, -0.25) is 14.8 Å². The number of carbonyl (C=O) groups excluding carboxylic acids is 1. The molecule has 1 N–H and O–H groups in total. The number of amides is 1. The first-order chi connectivity index (χ1) is 10.2. The third-order valence-corrected chi connectivity index (χ3v) is 3.28. The molecule has 0 spiro atoms. The first-order valence-corrected chi connectivity index (χ1v) is 7.11. The molecule has 0 saturated heterocycles. The summed E-state index contributed by atoms with van der Waals surface area (Å²) in [7, 11) is 0. The van der Waals surface area contributed by atoms with Crippen molar-refractivity contribution in [3.05, 3.63) is 54.1 Å². The van der Waals surface area contributed by atoms with Crippen LogP contribution in [0.25, 0.3) is 0 Å². The zero-order chi connectivity index (χ0) is 15.1. The highest BCUT2D eigenvalue weighted by atomic mass is 16.2. The maximum atomic E-state index is 12.3. The average molecular weight is 284 g/mol. The van der Waals surface area contributed by atoms with Crippen LogP contribution in [0, 0.1) is 0 Å². The van der Waals surface area contributed by atoms with Gasteiger partial charge >= 0.3 is 0 Å². The van der Waals surface area contributed by atoms with Crippen molar-refractivity contribution in [1.82, 2.24) is 14.9 Å². The van der Waals surface area contributed by atoms with Crippen molar-refractivity contribution in [1.29, 1.82) is 0 Å². The van der Waals surface area contributed by atoms with E-state index in [1.54, 1.807) is 29.7 Å². The van der Waals surface area contributed by atoms with Gasteiger partial charge in [-0.2, -0.15) is 0 Å². The molecule has 1 amide bonds. The summed E-state index contributed by atoms with van der Waals surface area (Å²) in [6.07, 6.45) is 6.85. The number of nitrogens with zero attached hydrogens (tertiary/aromatic N) is 3. The Morgan fingerprint density at radius 2 is 1.86 bits per heavy atom. The van der Waals surface area contributed by atoms with E-state index >= 15 is 0 Å². The van der Waals surface area contributed by atoms with Crippen molar-refractivity contribution in [3.63, 3.8) is 0 Å². The molecule has 2 aromatic rings. The highest BCUT2D eigenvalue weighted by Gasteiger charge is 2.13. The van der Waals surface area contributed by atoms with Gasteiger partial charge in [0.25, 0.3) is 5.91 Å². The van der Waals surface area contributed by atoms with Crippen LogP contribution in [-0.2, 0) is 6.54 Å². The molecule has 0 unspecified atom stereocenters. The van der Waals surface area contributed by atoms with E-state index in [-0.39, 0.29) is 5.91 Å². The van der Waals surface area contributed by atoms with Crippen LogP contribution in [0.4, 0.5) is 5.69 Å². The second-order valence-corrected chi connectivity index (χ2v) is 4.65. The van der Waals surface area contributed by atoms with Crippen LogP contribution in [-0.4, -0.2) is 33.9 Å². The van der Waals surface area contributed by atoms with Gasteiger partial charge in [-0.15, -0.1) is 0 Å². The summed E-state index contributed by atoms with van der Waals surface area (Å²) in [5, 5.41) is 3.27. The first-order valence-electron chi connectivity index (χ1n) is 7.11. The fraction of sp³-hybridized carbons (Fsp3) is 0.312. The van der Waals surface area contributed by atoms with Crippen LogP contribution in [0.5, 0.6) is 0 Å². The van der Waals surface area contributed by atoms with Crippen LogP contribution in [0.1, 0.15) is 29.8 Å². The molecular weight excluding hydrogens is 264 g/mol. The summed E-state index contributed by atoms with van der Waals surface area (Å²) in [4.78, 5) is 22.2. The molecule has 0 radical (unpaired) electrons. The summed E-state index contributed by atoms with van der Waals surface area (Å²) in [5.41, 5.74) is 2.58. The Balaban J connectivity index is 2.05. The van der Waals surface area contributed by atoms with Crippen molar-refractivity contribution in [3.8, 4) is 0 Å². The van der Waals surface area contributed by atoms with E-state index in [0.717, 1.165) is 11.3 Å². The first kappa shape index (κ1) is 15.0. The predicted octanol–water partition coefficient (Wildman–Crippen LogP) is 2.57. The number of pyridine rings is 2. The Hall–Kier alpha value is -2.43. The fourth-order valence-corrected chi connectivity index (χ4v) is 2.05.